The minimum absolute atomic E-state index is 0.0470. The van der Waals surface area contributed by atoms with Gasteiger partial charge in [-0.05, 0) is 49.8 Å². The van der Waals surface area contributed by atoms with Crippen LogP contribution in [-0.2, 0) is 15.0 Å². The Hall–Kier alpha value is -3.56. The second-order valence-corrected chi connectivity index (χ2v) is 10.9. The molecule has 1 saturated heterocycles. The van der Waals surface area contributed by atoms with Crippen molar-refractivity contribution in [1.29, 1.82) is 0 Å². The number of amides is 2. The lowest BCUT2D eigenvalue weighted by atomic mass is 9.69. The summed E-state index contributed by atoms with van der Waals surface area (Å²) in [5.41, 5.74) is 1.71. The fraction of sp³-hybridized carbons (Fsp3) is 0.481. The Morgan fingerprint density at radius 1 is 1.19 bits per heavy atom. The molecule has 1 spiro atoms. The number of nitrogens with one attached hydrogen (secondary N) is 1. The van der Waals surface area contributed by atoms with Gasteiger partial charge in [0.1, 0.15) is 12.3 Å². The van der Waals surface area contributed by atoms with E-state index in [1.807, 2.05) is 30.3 Å². The van der Waals surface area contributed by atoms with Crippen molar-refractivity contribution in [1.82, 2.24) is 20.1 Å². The molecule has 192 valence electrons. The number of hydrogen-bond donors (Lipinski definition) is 1. The second kappa shape index (κ2) is 7.97. The first kappa shape index (κ1) is 22.6. The number of carbonyl (C=O) groups is 2. The number of fused-ring (bicyclic) bond motifs is 5. The standard InChI is InChI=1S/C27H27F2N5O3/c28-27(29)11-18-10-17(27)14-33(18)23(35)15-34-22-4-2-1-3-21(22)26(25(34)36)7-5-19(6-8-26)37-20-9-16-12-31-32-24(16)30-13-20/h1-4,9,12-13,17-19H,5-8,10-11,14-15H2,(H,30,31,32). The molecule has 8 nitrogen and oxygen atoms in total. The van der Waals surface area contributed by atoms with Crippen molar-refractivity contribution in [2.24, 2.45) is 5.92 Å². The highest BCUT2D eigenvalue weighted by Gasteiger charge is 2.58. The number of benzene rings is 1. The van der Waals surface area contributed by atoms with Gasteiger partial charge in [-0.15, -0.1) is 0 Å². The smallest absolute Gasteiger partial charge is 0.254 e. The number of piperidine rings is 1. The summed E-state index contributed by atoms with van der Waals surface area (Å²) in [6, 6.07) is 9.13. The van der Waals surface area contributed by atoms with Crippen molar-refractivity contribution in [2.45, 2.75) is 62.0 Å². The number of halogens is 2. The van der Waals surface area contributed by atoms with Gasteiger partial charge in [0, 0.05) is 36.0 Å². The van der Waals surface area contributed by atoms with E-state index < -0.39 is 23.3 Å². The van der Waals surface area contributed by atoms with Crippen LogP contribution in [0.3, 0.4) is 0 Å². The van der Waals surface area contributed by atoms with E-state index in [0.717, 1.165) is 16.6 Å². The van der Waals surface area contributed by atoms with Gasteiger partial charge in [-0.2, -0.15) is 5.10 Å². The minimum atomic E-state index is -2.69. The quantitative estimate of drug-likeness (QED) is 0.580. The van der Waals surface area contributed by atoms with Crippen LogP contribution in [0.25, 0.3) is 11.0 Å². The van der Waals surface area contributed by atoms with E-state index in [0.29, 0.717) is 43.5 Å². The SMILES string of the molecule is O=C(CN1C(=O)C2(CCC(Oc3cnc4[nH]ncc4c3)CC2)c2ccccc21)N1CC2CC1CC2(F)F. The molecule has 2 bridgehead atoms. The minimum Gasteiger partial charge on any atom is -0.489 e. The van der Waals surface area contributed by atoms with Gasteiger partial charge in [0.05, 0.1) is 23.9 Å². The number of pyridine rings is 1. The first-order chi connectivity index (χ1) is 17.8. The molecule has 2 saturated carbocycles. The van der Waals surface area contributed by atoms with Crippen LogP contribution in [0.15, 0.2) is 42.7 Å². The molecule has 7 rings (SSSR count). The second-order valence-electron chi connectivity index (χ2n) is 10.9. The molecule has 2 aliphatic carbocycles. The van der Waals surface area contributed by atoms with Crippen LogP contribution in [0.4, 0.5) is 14.5 Å². The molecule has 10 heteroatoms. The number of rotatable bonds is 4. The van der Waals surface area contributed by atoms with E-state index >= 15 is 0 Å². The van der Waals surface area contributed by atoms with Crippen LogP contribution in [0, 0.1) is 5.92 Å². The predicted molar refractivity (Wildman–Crippen MR) is 130 cm³/mol. The van der Waals surface area contributed by atoms with E-state index in [1.165, 1.54) is 0 Å². The third-order valence-corrected chi connectivity index (χ3v) is 8.85. The fourth-order valence-electron chi connectivity index (χ4n) is 6.94. The maximum absolute atomic E-state index is 14.0. The molecule has 4 aliphatic rings. The topological polar surface area (TPSA) is 91.4 Å². The maximum atomic E-state index is 14.0. The normalized spacial score (nSPS) is 29.9. The van der Waals surface area contributed by atoms with Crippen LogP contribution in [-0.4, -0.2) is 63.1 Å². The summed E-state index contributed by atoms with van der Waals surface area (Å²) in [5.74, 6) is -3.11. The van der Waals surface area contributed by atoms with E-state index in [4.69, 9.17) is 4.74 Å². The van der Waals surface area contributed by atoms with Gasteiger partial charge in [0.15, 0.2) is 5.65 Å². The summed E-state index contributed by atoms with van der Waals surface area (Å²) >= 11 is 0. The number of carbonyl (C=O) groups excluding carboxylic acids is 2. The number of alkyl halides is 2. The number of likely N-dealkylation sites (tertiary alicyclic amines) is 1. The van der Waals surface area contributed by atoms with Gasteiger partial charge in [-0.1, -0.05) is 18.2 Å². The Morgan fingerprint density at radius 2 is 2.00 bits per heavy atom. The highest BCUT2D eigenvalue weighted by Crippen LogP contribution is 2.51. The monoisotopic (exact) mass is 507 g/mol. The number of anilines is 1. The maximum Gasteiger partial charge on any atom is 0.254 e. The Kier molecular flexibility index (Phi) is 4.87. The van der Waals surface area contributed by atoms with Crippen LogP contribution in [0.1, 0.15) is 44.1 Å². The lowest BCUT2D eigenvalue weighted by molar-refractivity contribution is -0.138. The van der Waals surface area contributed by atoms with Gasteiger partial charge in [0.2, 0.25) is 11.8 Å². The van der Waals surface area contributed by atoms with Crippen molar-refractivity contribution in [3.05, 3.63) is 48.3 Å². The molecular formula is C27H27F2N5O3. The summed E-state index contributed by atoms with van der Waals surface area (Å²) in [7, 11) is 0. The highest BCUT2D eigenvalue weighted by atomic mass is 19.3. The van der Waals surface area contributed by atoms with Gasteiger partial charge in [-0.25, -0.2) is 13.8 Å². The molecule has 3 fully saturated rings. The number of H-pyrrole nitrogens is 1. The van der Waals surface area contributed by atoms with E-state index in [1.54, 1.807) is 22.2 Å². The molecular weight excluding hydrogens is 480 g/mol. The van der Waals surface area contributed by atoms with Crippen LogP contribution in [0.2, 0.25) is 0 Å². The molecule has 1 aromatic carbocycles. The largest absolute Gasteiger partial charge is 0.489 e. The van der Waals surface area contributed by atoms with Crippen molar-refractivity contribution >= 4 is 28.5 Å². The molecule has 4 heterocycles. The van der Waals surface area contributed by atoms with Crippen molar-refractivity contribution < 1.29 is 23.1 Å². The molecule has 2 unspecified atom stereocenters. The van der Waals surface area contributed by atoms with Crippen LogP contribution < -0.4 is 9.64 Å². The Bertz CT molecular complexity index is 1400. The van der Waals surface area contributed by atoms with E-state index in [2.05, 4.69) is 15.2 Å². The number of aromatic amines is 1. The van der Waals surface area contributed by atoms with Gasteiger partial charge in [-0.3, -0.25) is 14.7 Å². The highest BCUT2D eigenvalue weighted by molar-refractivity contribution is 6.10. The molecule has 3 aromatic rings. The summed E-state index contributed by atoms with van der Waals surface area (Å²) in [5, 5.41) is 7.69. The molecule has 0 radical (unpaired) electrons. The molecule has 2 amide bonds. The van der Waals surface area contributed by atoms with Crippen molar-refractivity contribution in [2.75, 3.05) is 18.0 Å². The third kappa shape index (κ3) is 3.44. The number of nitrogens with zero attached hydrogens (tertiary/aromatic N) is 4. The molecule has 2 atom stereocenters. The Morgan fingerprint density at radius 3 is 2.76 bits per heavy atom. The van der Waals surface area contributed by atoms with Gasteiger partial charge in [0.25, 0.3) is 5.92 Å². The van der Waals surface area contributed by atoms with Gasteiger partial charge >= 0.3 is 0 Å². The Balaban J connectivity index is 1.07. The number of hydrogen-bond acceptors (Lipinski definition) is 5. The molecule has 2 aliphatic heterocycles. The first-order valence-corrected chi connectivity index (χ1v) is 12.9. The van der Waals surface area contributed by atoms with Crippen LogP contribution in [0.5, 0.6) is 5.75 Å². The zero-order chi connectivity index (χ0) is 25.4. The zero-order valence-corrected chi connectivity index (χ0v) is 20.2. The lowest BCUT2D eigenvalue weighted by Gasteiger charge is -2.36. The lowest BCUT2D eigenvalue weighted by Crippen LogP contribution is -2.50. The van der Waals surface area contributed by atoms with E-state index in [-0.39, 0.29) is 37.4 Å². The summed E-state index contributed by atoms with van der Waals surface area (Å²) < 4.78 is 34.2. The summed E-state index contributed by atoms with van der Waals surface area (Å²) in [6.45, 7) is -0.0352. The van der Waals surface area contributed by atoms with Crippen molar-refractivity contribution in [3.63, 3.8) is 0 Å². The van der Waals surface area contributed by atoms with Gasteiger partial charge < -0.3 is 14.5 Å². The number of ether oxygens (including phenoxy) is 1. The van der Waals surface area contributed by atoms with Crippen LogP contribution >= 0.6 is 0 Å². The number of para-hydroxylation sites is 1. The average Bonchev–Trinajstić information content (AvgIpc) is 3.64. The molecule has 37 heavy (non-hydrogen) atoms. The molecule has 1 N–H and O–H groups in total. The fourth-order valence-corrected chi connectivity index (χ4v) is 6.94. The average molecular weight is 508 g/mol. The number of aromatic nitrogens is 3. The Labute approximate surface area is 212 Å². The van der Waals surface area contributed by atoms with Crippen molar-refractivity contribution in [3.8, 4) is 5.75 Å². The third-order valence-electron chi connectivity index (χ3n) is 8.85. The molecule has 2 aromatic heterocycles. The van der Waals surface area contributed by atoms with E-state index in [9.17, 15) is 18.4 Å². The first-order valence-electron chi connectivity index (χ1n) is 12.9. The zero-order valence-electron chi connectivity index (χ0n) is 20.2. The summed E-state index contributed by atoms with van der Waals surface area (Å²) in [4.78, 5) is 34.6. The summed E-state index contributed by atoms with van der Waals surface area (Å²) in [6.07, 6.45) is 6.00. The predicted octanol–water partition coefficient (Wildman–Crippen LogP) is 3.82.